The van der Waals surface area contributed by atoms with Crippen molar-refractivity contribution in [1.82, 2.24) is 0 Å². The summed E-state index contributed by atoms with van der Waals surface area (Å²) in [7, 11) is -4.40. The van der Waals surface area contributed by atoms with Crippen molar-refractivity contribution in [2.24, 2.45) is 5.73 Å². The fraction of sp³-hybridized carbons (Fsp3) is 0.844. The Bertz CT molecular complexity index is 1040. The van der Waals surface area contributed by atoms with Crippen LogP contribution in [0.3, 0.4) is 0 Å². The third kappa shape index (κ3) is 40.4. The van der Waals surface area contributed by atoms with Gasteiger partial charge in [0.15, 0.2) is 11.9 Å². The third-order valence-corrected chi connectivity index (χ3v) is 10.8. The van der Waals surface area contributed by atoms with Crippen LogP contribution in [-0.4, -0.2) is 55.1 Å². The van der Waals surface area contributed by atoms with Crippen LogP contribution in [0, 0.1) is 0 Å². The number of unbranched alkanes of at least 4 members (excludes halogenated alkanes) is 25. The molecule has 0 radical (unpaired) electrons. The number of carbonyl (C=O) groups is 3. The molecule has 0 aliphatic carbocycles. The van der Waals surface area contributed by atoms with E-state index in [1.807, 2.05) is 12.2 Å². The quantitative estimate of drug-likeness (QED) is 0.0200. The first-order valence-electron chi connectivity index (χ1n) is 22.8. The van der Waals surface area contributed by atoms with Crippen molar-refractivity contribution in [2.45, 2.75) is 219 Å². The van der Waals surface area contributed by atoms with Crippen LogP contribution >= 0.6 is 7.82 Å². The van der Waals surface area contributed by atoms with Gasteiger partial charge in [0.2, 0.25) is 0 Å². The first kappa shape index (κ1) is 54.2. The summed E-state index contributed by atoms with van der Waals surface area (Å²) in [6.45, 7) is 3.55. The van der Waals surface area contributed by atoms with Gasteiger partial charge in [-0.3, -0.25) is 23.4 Å². The molecule has 0 saturated carbocycles. The van der Waals surface area contributed by atoms with Crippen LogP contribution < -0.4 is 5.73 Å². The lowest BCUT2D eigenvalue weighted by molar-refractivity contribution is -0.161. The molecular weight excluding hydrogens is 729 g/mol. The number of ether oxygens (including phenoxy) is 2. The normalized spacial score (nSPS) is 13.4. The molecule has 0 aliphatic heterocycles. The Morgan fingerprint density at radius 3 is 1.54 bits per heavy atom. The summed E-state index contributed by atoms with van der Waals surface area (Å²) in [6.07, 6.45) is 40.5. The van der Waals surface area contributed by atoms with Gasteiger partial charge in [0.1, 0.15) is 6.61 Å². The van der Waals surface area contributed by atoms with Crippen LogP contribution in [0.4, 0.5) is 0 Å². The molecule has 1 unspecified atom stereocenters. The number of rotatable bonds is 43. The molecule has 11 heteroatoms. The van der Waals surface area contributed by atoms with Crippen molar-refractivity contribution < 1.29 is 42.4 Å². The van der Waals surface area contributed by atoms with Gasteiger partial charge in [0.05, 0.1) is 13.2 Å². The minimum atomic E-state index is -4.40. The van der Waals surface area contributed by atoms with E-state index in [-0.39, 0.29) is 38.4 Å². The molecule has 0 spiro atoms. The van der Waals surface area contributed by atoms with Crippen LogP contribution in [0.5, 0.6) is 0 Å². The van der Waals surface area contributed by atoms with Crippen LogP contribution in [-0.2, 0) is 37.5 Å². The molecule has 0 saturated heterocycles. The van der Waals surface area contributed by atoms with Gasteiger partial charge in [-0.1, -0.05) is 180 Å². The largest absolute Gasteiger partial charge is 0.472 e. The van der Waals surface area contributed by atoms with Crippen molar-refractivity contribution in [3.8, 4) is 0 Å². The molecule has 3 N–H and O–H groups in total. The molecule has 0 rings (SSSR count). The van der Waals surface area contributed by atoms with Crippen LogP contribution in [0.1, 0.15) is 213 Å². The number of carbonyl (C=O) groups excluding carboxylic acids is 3. The molecule has 0 aromatic rings. The van der Waals surface area contributed by atoms with E-state index in [1.165, 1.54) is 103 Å². The van der Waals surface area contributed by atoms with E-state index >= 15 is 0 Å². The number of hydrogen-bond acceptors (Lipinski definition) is 9. The average molecular weight is 814 g/mol. The van der Waals surface area contributed by atoms with Crippen molar-refractivity contribution in [3.05, 3.63) is 24.3 Å². The molecular formula is C45H84NO9P. The number of allylic oxidation sites excluding steroid dienone is 4. The minimum absolute atomic E-state index is 0.0406. The SMILES string of the molecule is CCCCCCCCCCCCCCCCCCCCCC(=O)OC[C@H](COP(=O)(O)OCCN)OC(=O)CCCCCCC/C=C\C=C\C(=O)CCCCC. The second-order valence-corrected chi connectivity index (χ2v) is 16.8. The van der Waals surface area contributed by atoms with Gasteiger partial charge in [0, 0.05) is 25.8 Å². The monoisotopic (exact) mass is 814 g/mol. The molecule has 0 heterocycles. The number of esters is 2. The Balaban J connectivity index is 4.14. The first-order chi connectivity index (χ1) is 27.2. The van der Waals surface area contributed by atoms with Crippen molar-refractivity contribution in [1.29, 1.82) is 0 Å². The van der Waals surface area contributed by atoms with E-state index in [1.54, 1.807) is 6.08 Å². The number of nitrogens with two attached hydrogens (primary N) is 1. The van der Waals surface area contributed by atoms with Gasteiger partial charge < -0.3 is 20.1 Å². The summed E-state index contributed by atoms with van der Waals surface area (Å²) in [6, 6.07) is 0. The van der Waals surface area contributed by atoms with Gasteiger partial charge in [-0.25, -0.2) is 4.57 Å². The molecule has 2 atom stereocenters. The van der Waals surface area contributed by atoms with Crippen molar-refractivity contribution in [3.63, 3.8) is 0 Å². The van der Waals surface area contributed by atoms with E-state index < -0.39 is 32.5 Å². The number of ketones is 1. The highest BCUT2D eigenvalue weighted by molar-refractivity contribution is 7.47. The second kappa shape index (κ2) is 41.3. The van der Waals surface area contributed by atoms with E-state index in [0.29, 0.717) is 12.8 Å². The molecule has 0 aromatic heterocycles. The molecule has 0 fully saturated rings. The Hall–Kier alpha value is -1.84. The van der Waals surface area contributed by atoms with Gasteiger partial charge in [0.25, 0.3) is 0 Å². The predicted octanol–water partition coefficient (Wildman–Crippen LogP) is 12.3. The molecule has 0 aliphatic rings. The van der Waals surface area contributed by atoms with E-state index in [4.69, 9.17) is 24.3 Å². The van der Waals surface area contributed by atoms with E-state index in [9.17, 15) is 23.8 Å². The van der Waals surface area contributed by atoms with Gasteiger partial charge in [-0.15, -0.1) is 0 Å². The topological polar surface area (TPSA) is 151 Å². The summed E-state index contributed by atoms with van der Waals surface area (Å²) < 4.78 is 32.7. The van der Waals surface area contributed by atoms with Crippen molar-refractivity contribution >= 4 is 25.5 Å². The Morgan fingerprint density at radius 1 is 0.571 bits per heavy atom. The predicted molar refractivity (Wildman–Crippen MR) is 229 cm³/mol. The number of phosphoric acid groups is 1. The second-order valence-electron chi connectivity index (χ2n) is 15.3. The Labute approximate surface area is 342 Å². The lowest BCUT2D eigenvalue weighted by Crippen LogP contribution is -2.29. The van der Waals surface area contributed by atoms with Gasteiger partial charge in [-0.05, 0) is 38.2 Å². The molecule has 328 valence electrons. The summed E-state index contributed by atoms with van der Waals surface area (Å²) in [5, 5.41) is 0. The smallest absolute Gasteiger partial charge is 0.462 e. The van der Waals surface area contributed by atoms with E-state index in [0.717, 1.165) is 70.6 Å². The van der Waals surface area contributed by atoms with Crippen molar-refractivity contribution in [2.75, 3.05) is 26.4 Å². The maximum Gasteiger partial charge on any atom is 0.472 e. The molecule has 0 aromatic carbocycles. The zero-order chi connectivity index (χ0) is 41.2. The zero-order valence-corrected chi connectivity index (χ0v) is 36.8. The third-order valence-electron chi connectivity index (χ3n) is 9.82. The summed E-state index contributed by atoms with van der Waals surface area (Å²) >= 11 is 0. The maximum absolute atomic E-state index is 12.6. The average Bonchev–Trinajstić information content (AvgIpc) is 3.18. The summed E-state index contributed by atoms with van der Waals surface area (Å²) in [5.74, 6) is -0.706. The van der Waals surface area contributed by atoms with Crippen LogP contribution in [0.25, 0.3) is 0 Å². The first-order valence-corrected chi connectivity index (χ1v) is 24.3. The van der Waals surface area contributed by atoms with Crippen LogP contribution in [0.15, 0.2) is 24.3 Å². The minimum Gasteiger partial charge on any atom is -0.462 e. The standard InChI is InChI=1S/C45H84NO9P/c1-3-5-7-8-9-10-11-12-13-14-15-16-17-18-19-22-25-28-32-36-44(48)52-40-43(41-54-56(50,51)53-39-38-46)55-45(49)37-33-29-26-23-20-21-24-27-31-35-42(47)34-30-6-4-2/h24,27,31,35,43H,3-23,25-26,28-30,32-34,36-41,46H2,1-2H3,(H,50,51)/b27-24-,35-31+/t43-/m1/s1. The fourth-order valence-electron chi connectivity index (χ4n) is 6.38. The summed E-state index contributed by atoms with van der Waals surface area (Å²) in [5.41, 5.74) is 5.34. The zero-order valence-electron chi connectivity index (χ0n) is 35.9. The Morgan fingerprint density at radius 2 is 1.02 bits per heavy atom. The highest BCUT2D eigenvalue weighted by atomic mass is 31.2. The highest BCUT2D eigenvalue weighted by Gasteiger charge is 2.26. The molecule has 0 bridgehead atoms. The fourth-order valence-corrected chi connectivity index (χ4v) is 7.15. The maximum atomic E-state index is 12.6. The molecule has 0 amide bonds. The highest BCUT2D eigenvalue weighted by Crippen LogP contribution is 2.43. The summed E-state index contributed by atoms with van der Waals surface area (Å²) in [4.78, 5) is 46.6. The van der Waals surface area contributed by atoms with Crippen LogP contribution in [0.2, 0.25) is 0 Å². The van der Waals surface area contributed by atoms with E-state index in [2.05, 4.69) is 19.9 Å². The lowest BCUT2D eigenvalue weighted by atomic mass is 10.0. The number of hydrogen-bond donors (Lipinski definition) is 2. The molecule has 10 nitrogen and oxygen atoms in total. The van der Waals surface area contributed by atoms with Gasteiger partial charge in [-0.2, -0.15) is 0 Å². The Kier molecular flexibility index (Phi) is 40.0. The molecule has 56 heavy (non-hydrogen) atoms. The number of phosphoric ester groups is 1. The van der Waals surface area contributed by atoms with Gasteiger partial charge >= 0.3 is 19.8 Å². The lowest BCUT2D eigenvalue weighted by Gasteiger charge is -2.19.